The molecule has 20 unspecified atom stereocenters. The van der Waals surface area contributed by atoms with Gasteiger partial charge in [-0.3, -0.25) is 54.6 Å². The van der Waals surface area contributed by atoms with E-state index in [0.717, 1.165) is 0 Å². The number of hydrogen-bond donors (Lipinski definition) is 7. The van der Waals surface area contributed by atoms with Gasteiger partial charge in [-0.05, 0) is 28.3 Å². The van der Waals surface area contributed by atoms with E-state index < -0.39 is 187 Å². The molecule has 3 saturated heterocycles. The van der Waals surface area contributed by atoms with Crippen LogP contribution in [0.25, 0.3) is 0 Å². The molecular formula is C20H35B4NO47P13-13. The highest BCUT2D eigenvalue weighted by Gasteiger charge is 2.41. The Morgan fingerprint density at radius 3 is 1.21 bits per heavy atom. The molecule has 7 N–H and O–H groups in total. The Bertz CT molecular complexity index is 2820. The molecule has 0 aromatic heterocycles. The average Bonchev–Trinajstić information content (AvgIpc) is 4.11. The molecule has 4 aliphatic heterocycles. The number of phosphoric acid groups is 12. The van der Waals surface area contributed by atoms with Crippen LogP contribution in [0, 0.1) is 5.15 Å². The van der Waals surface area contributed by atoms with Crippen LogP contribution in [0.5, 0.6) is 0 Å². The molecule has 8 radical (unpaired) electrons. The van der Waals surface area contributed by atoms with Gasteiger partial charge in [0.1, 0.15) is 49.7 Å². The van der Waals surface area contributed by atoms with Crippen molar-refractivity contribution in [1.82, 2.24) is 0 Å². The smallest absolute Gasteiger partial charge is 0.487 e. The number of phosphoric ester groups is 4. The Morgan fingerprint density at radius 1 is 0.482 bits per heavy atom. The Kier molecular flexibility index (Phi) is 35.1. The van der Waals surface area contributed by atoms with Gasteiger partial charge in [0.05, 0.1) is 74.3 Å². The second kappa shape index (κ2) is 35.3. The third-order valence-electron chi connectivity index (χ3n) is 7.87. The predicted molar refractivity (Wildman–Crippen MR) is 240 cm³/mol. The van der Waals surface area contributed by atoms with Crippen molar-refractivity contribution in [2.45, 2.75) is 86.0 Å². The summed E-state index contributed by atoms with van der Waals surface area (Å²) >= 11 is 0. The maximum absolute atomic E-state index is 11.3. The van der Waals surface area contributed by atoms with Gasteiger partial charge in [-0.25, -0.2) is 26.4 Å². The summed E-state index contributed by atoms with van der Waals surface area (Å²) < 4.78 is 196. The van der Waals surface area contributed by atoms with E-state index in [4.69, 9.17) is 66.4 Å². The topological polar surface area (TPSA) is 798 Å². The van der Waals surface area contributed by atoms with E-state index in [0.29, 0.717) is 12.8 Å². The first-order chi connectivity index (χ1) is 38.2. The van der Waals surface area contributed by atoms with Crippen molar-refractivity contribution in [3.8, 4) is 0 Å². The van der Waals surface area contributed by atoms with Gasteiger partial charge in [0.25, 0.3) is 54.8 Å². The third kappa shape index (κ3) is 41.7. The van der Waals surface area contributed by atoms with Crippen molar-refractivity contribution < 1.29 is 221 Å². The van der Waals surface area contributed by atoms with Crippen molar-refractivity contribution in [2.75, 3.05) is 26.4 Å². The van der Waals surface area contributed by atoms with E-state index in [-0.39, 0.29) is 6.42 Å². The van der Waals surface area contributed by atoms with E-state index in [9.17, 15) is 134 Å². The third-order valence-corrected chi connectivity index (χ3v) is 22.6. The van der Waals surface area contributed by atoms with Crippen LogP contribution in [-0.4, -0.2) is 155 Å². The van der Waals surface area contributed by atoms with E-state index >= 15 is 0 Å². The summed E-state index contributed by atoms with van der Waals surface area (Å²) in [5, 5.41) is 30.5. The minimum atomic E-state index is -6.07. The Hall–Kier alpha value is 1.46. The first kappa shape index (κ1) is 84.5. The minimum Gasteiger partial charge on any atom is -0.790 e. The highest BCUT2D eigenvalue weighted by Crippen LogP contribution is 2.66. The molecule has 0 saturated carbocycles. The van der Waals surface area contributed by atoms with Crippen LogP contribution in [-0.2, 0) is 126 Å². The molecule has 0 aromatic rings. The van der Waals surface area contributed by atoms with E-state index in [2.05, 4.69) is 66.8 Å². The first-order valence-electron chi connectivity index (χ1n) is 20.7. The van der Waals surface area contributed by atoms with Gasteiger partial charge in [0, 0.05) is 24.0 Å². The molecule has 492 valence electrons. The second-order valence-electron chi connectivity index (χ2n) is 14.8. The highest BCUT2D eigenvalue weighted by molar-refractivity contribution is 7.67. The van der Waals surface area contributed by atoms with Crippen molar-refractivity contribution in [3.05, 3.63) is 12.2 Å². The van der Waals surface area contributed by atoms with Crippen LogP contribution in [0.2, 0.25) is 1.41 Å². The van der Waals surface area contributed by atoms with Crippen LogP contribution in [0.3, 0.4) is 0 Å². The molecule has 20 atom stereocenters. The quantitative estimate of drug-likeness (QED) is 0.0217. The number of ether oxygens (including phenoxy) is 4. The van der Waals surface area contributed by atoms with Crippen LogP contribution in [0.4, 0.5) is 0 Å². The van der Waals surface area contributed by atoms with Gasteiger partial charge in [-0.1, -0.05) is 12.2 Å². The standard InChI is InChI=1S/C5H12BO13P3.C5H12BO12P3.C5H12BO11P3.C5H10BO11P3.H2NP/c6-5-4(8)3(7)2(17-5)1-16-21(12,13)19-22(14,15)18-20(9,10)11;6-5-1-3(7)4(16-5)2-15-20(11,12)18-21(13,14)17-19(8,9)10;2*6-5-2-1-4(15-5)3-14-19(10,11)17-20(12,13)16-18(7,8)9;1-2/h2-5,7-8H,1H2,(H,12,13)(H,14,15)(H2,9,10,11);3-5,7H,1-2H2,(H,11,12)(H,13,14)(H2,8,9,10);4-5H,1-3H2,(H,10,11)(H,12,13)(H2,7,8,9);1-2,4-5H,3H2,(H,10,11)(H,12,13)(H2,7,8,9);1-2H/p-13/i/hT. The summed E-state index contributed by atoms with van der Waals surface area (Å²) in [5.41, 5.74) is 0. The number of nitrogens with one attached hydrogen (secondary N) is 1. The van der Waals surface area contributed by atoms with Crippen molar-refractivity contribution in [1.29, 1.82) is 5.15 Å². The number of rotatable bonds is 28. The largest absolute Gasteiger partial charge is 0.790 e. The van der Waals surface area contributed by atoms with Gasteiger partial charge in [-0.15, -0.1) is 0 Å². The number of hydrogen-bond acceptors (Lipinski definition) is 45. The normalized spacial score (nSPS) is 31.7. The molecule has 0 aromatic carbocycles. The molecule has 85 heavy (non-hydrogen) atoms. The summed E-state index contributed by atoms with van der Waals surface area (Å²) in [6, 6.07) is -3.51. The minimum absolute atomic E-state index is 0.00323. The SMILES string of the molecule is [3H]N=P.[B]C1C=CC(COP(=O)(O)OP(=O)(O)OP(=O)([O-])O)O1.[B]C1CC(O)C(COP(=O)([O-])OP(=O)([O-])OP(=O)([O-])[O-])O1.[B]C1CCC(COP(=O)([O-])OP(=O)([O-])OP(=O)([O-])[O-])O1.[B]C1OC(COP(=O)([O-])OP(=O)([O-])OP(=O)([O-])[O-])C(O)C1O. The zero-order chi connectivity index (χ0) is 67.7. The Labute approximate surface area is 484 Å². The summed E-state index contributed by atoms with van der Waals surface area (Å²) in [6.07, 6.45) is -4.75. The fourth-order valence-corrected chi connectivity index (χ4v) is 16.7. The van der Waals surface area contributed by atoms with Crippen LogP contribution in [0.15, 0.2) is 12.2 Å². The summed E-state index contributed by atoms with van der Waals surface area (Å²) in [4.78, 5) is 163. The lowest BCUT2D eigenvalue weighted by Gasteiger charge is -2.37. The predicted octanol–water partition coefficient (Wildman–Crippen LogP) is -10.6. The lowest BCUT2D eigenvalue weighted by atomic mass is 9.93. The zero-order valence-corrected chi connectivity index (χ0v) is 52.2. The fraction of sp³-hybridized carbons (Fsp3) is 0.900. The molecule has 3 fully saturated rings. The number of aliphatic hydroxyl groups is 3. The zero-order valence-electron chi connectivity index (χ0n) is 41.5. The van der Waals surface area contributed by atoms with E-state index in [1.54, 1.807) is 0 Å². The van der Waals surface area contributed by atoms with Gasteiger partial charge >= 0.3 is 15.6 Å². The Morgan fingerprint density at radius 2 is 0.894 bits per heavy atom. The first-order valence-corrected chi connectivity index (χ1v) is 38.4. The van der Waals surface area contributed by atoms with Crippen molar-refractivity contribution >= 4 is 134 Å². The van der Waals surface area contributed by atoms with Gasteiger partial charge in [-0.2, -0.15) is 4.31 Å². The summed E-state index contributed by atoms with van der Waals surface area (Å²) in [5.74, 6) is 0. The monoisotopic (exact) mass is 1490 g/mol. The maximum atomic E-state index is 11.3. The maximum Gasteiger partial charge on any atom is 0.487 e. The van der Waals surface area contributed by atoms with Crippen LogP contribution < -0.4 is 63.6 Å². The van der Waals surface area contributed by atoms with E-state index in [1.807, 2.05) is 0 Å². The molecule has 4 rings (SSSR count). The molecular weight excluding hydrogens is 1450 g/mol. The molecule has 4 aliphatic rings. The average molecular weight is 1490 g/mol. The summed E-state index contributed by atoms with van der Waals surface area (Å²) in [7, 11) is -45.4. The highest BCUT2D eigenvalue weighted by atomic mass is 31.3. The molecule has 0 bridgehead atoms. The Balaban J connectivity index is 0.00000110. The molecule has 0 amide bonds. The van der Waals surface area contributed by atoms with Gasteiger partial charge in [0.2, 0.25) is 0 Å². The van der Waals surface area contributed by atoms with Crippen molar-refractivity contribution in [3.63, 3.8) is 0 Å². The second-order valence-corrected chi connectivity index (χ2v) is 31.9. The van der Waals surface area contributed by atoms with Crippen molar-refractivity contribution in [2.24, 2.45) is 0 Å². The molecule has 48 nitrogen and oxygen atoms in total. The van der Waals surface area contributed by atoms with Crippen LogP contribution >= 0.6 is 103 Å². The number of aliphatic hydroxyl groups excluding tert-OH is 3. The summed E-state index contributed by atoms with van der Waals surface area (Å²) in [6.45, 7) is -3.01. The van der Waals surface area contributed by atoms with Gasteiger partial charge in [0.15, 0.2) is 1.41 Å². The lowest BCUT2D eigenvalue weighted by molar-refractivity contribution is -0.342. The molecule has 0 spiro atoms. The van der Waals surface area contributed by atoms with Crippen LogP contribution in [0.1, 0.15) is 19.3 Å². The molecule has 4 heterocycles. The van der Waals surface area contributed by atoms with E-state index in [1.165, 1.54) is 12.2 Å². The lowest BCUT2D eigenvalue weighted by Crippen LogP contribution is -2.34. The molecule has 0 aliphatic carbocycles. The fourth-order valence-electron chi connectivity index (χ4n) is 5.12. The molecule has 65 heteroatoms. The van der Waals surface area contributed by atoms with Gasteiger partial charge < -0.3 is 140 Å².